The lowest BCUT2D eigenvalue weighted by atomic mass is 10.0. The average Bonchev–Trinajstić information content (AvgIpc) is 2.17. The molecule has 1 aromatic carbocycles. The van der Waals surface area contributed by atoms with E-state index in [1.165, 1.54) is 12.1 Å². The first-order chi connectivity index (χ1) is 6.15. The van der Waals surface area contributed by atoms with Gasteiger partial charge in [-0.05, 0) is 24.6 Å². The van der Waals surface area contributed by atoms with Crippen LogP contribution in [0.25, 0.3) is 0 Å². The molecule has 74 valence electrons. The van der Waals surface area contributed by atoms with Gasteiger partial charge in [-0.1, -0.05) is 12.1 Å². The highest BCUT2D eigenvalue weighted by Crippen LogP contribution is 2.14. The van der Waals surface area contributed by atoms with Crippen LogP contribution in [0, 0.1) is 11.3 Å². The Bertz CT molecular complexity index is 353. The molecule has 1 unspecified atom stereocenters. The molecular formula is C10H10ClNO2. The van der Waals surface area contributed by atoms with E-state index in [-0.39, 0.29) is 23.9 Å². The quantitative estimate of drug-likeness (QED) is 0.817. The van der Waals surface area contributed by atoms with Crippen molar-refractivity contribution in [2.24, 2.45) is 0 Å². The van der Waals surface area contributed by atoms with Gasteiger partial charge < -0.3 is 5.11 Å². The topological polar surface area (TPSA) is 61.1 Å². The largest absolute Gasteiger partial charge is 0.478 e. The fourth-order valence-corrected chi connectivity index (χ4v) is 0.989. The van der Waals surface area contributed by atoms with E-state index in [9.17, 15) is 4.79 Å². The van der Waals surface area contributed by atoms with Crippen molar-refractivity contribution in [3.63, 3.8) is 0 Å². The van der Waals surface area contributed by atoms with E-state index in [1.54, 1.807) is 19.1 Å². The van der Waals surface area contributed by atoms with Gasteiger partial charge in [0.2, 0.25) is 0 Å². The molecule has 1 rings (SSSR count). The molecule has 0 heterocycles. The number of nitrogens with zero attached hydrogens (tertiary/aromatic N) is 1. The maximum absolute atomic E-state index is 10.5. The molecule has 0 fully saturated rings. The van der Waals surface area contributed by atoms with E-state index in [0.29, 0.717) is 0 Å². The normalized spacial score (nSPS) is 10.9. The molecule has 3 nitrogen and oxygen atoms in total. The second-order valence-corrected chi connectivity index (χ2v) is 2.78. The highest BCUT2D eigenvalue weighted by atomic mass is 35.5. The lowest BCUT2D eigenvalue weighted by molar-refractivity contribution is 0.0697. The molecule has 1 aromatic rings. The number of carboxylic acids is 1. The van der Waals surface area contributed by atoms with Crippen LogP contribution in [0.1, 0.15) is 28.8 Å². The summed E-state index contributed by atoms with van der Waals surface area (Å²) in [5.74, 6) is -1.14. The number of hydrogen-bond donors (Lipinski definition) is 1. The first-order valence-electron chi connectivity index (χ1n) is 3.88. The molecule has 0 spiro atoms. The Morgan fingerprint density at radius 1 is 1.43 bits per heavy atom. The van der Waals surface area contributed by atoms with Crippen molar-refractivity contribution >= 4 is 18.4 Å². The van der Waals surface area contributed by atoms with E-state index in [4.69, 9.17) is 10.4 Å². The summed E-state index contributed by atoms with van der Waals surface area (Å²) >= 11 is 0. The molecule has 0 radical (unpaired) electrons. The van der Waals surface area contributed by atoms with E-state index < -0.39 is 5.97 Å². The Balaban J connectivity index is 0.00000169. The van der Waals surface area contributed by atoms with Crippen LogP contribution in [0.4, 0.5) is 0 Å². The van der Waals surface area contributed by atoms with Gasteiger partial charge in [0.15, 0.2) is 0 Å². The minimum atomic E-state index is -0.948. The smallest absolute Gasteiger partial charge is 0.335 e. The van der Waals surface area contributed by atoms with E-state index in [1.807, 2.05) is 0 Å². The summed E-state index contributed by atoms with van der Waals surface area (Å²) < 4.78 is 0. The minimum absolute atomic E-state index is 0. The summed E-state index contributed by atoms with van der Waals surface area (Å²) in [6.07, 6.45) is 0. The zero-order valence-corrected chi connectivity index (χ0v) is 8.41. The van der Waals surface area contributed by atoms with Gasteiger partial charge in [-0.2, -0.15) is 5.26 Å². The highest BCUT2D eigenvalue weighted by Gasteiger charge is 2.05. The number of benzene rings is 1. The second-order valence-electron chi connectivity index (χ2n) is 2.78. The lowest BCUT2D eigenvalue weighted by Crippen LogP contribution is -1.97. The van der Waals surface area contributed by atoms with Crippen molar-refractivity contribution < 1.29 is 9.90 Å². The minimum Gasteiger partial charge on any atom is -0.478 e. The van der Waals surface area contributed by atoms with Gasteiger partial charge in [0.1, 0.15) is 0 Å². The van der Waals surface area contributed by atoms with Gasteiger partial charge in [-0.15, -0.1) is 12.4 Å². The first-order valence-corrected chi connectivity index (χ1v) is 3.88. The molecule has 4 heteroatoms. The second kappa shape index (κ2) is 5.25. The van der Waals surface area contributed by atoms with Crippen LogP contribution in [0.15, 0.2) is 24.3 Å². The zero-order chi connectivity index (χ0) is 9.84. The van der Waals surface area contributed by atoms with Crippen LogP contribution < -0.4 is 0 Å². The molecule has 0 aromatic heterocycles. The van der Waals surface area contributed by atoms with Gasteiger partial charge >= 0.3 is 5.97 Å². The predicted octanol–water partition coefficient (Wildman–Crippen LogP) is 2.43. The van der Waals surface area contributed by atoms with Crippen LogP contribution in [0.5, 0.6) is 0 Å². The Labute approximate surface area is 88.4 Å². The highest BCUT2D eigenvalue weighted by molar-refractivity contribution is 5.87. The van der Waals surface area contributed by atoms with Gasteiger partial charge in [0.25, 0.3) is 0 Å². The molecule has 0 saturated carbocycles. The fraction of sp³-hybridized carbons (Fsp3) is 0.200. The van der Waals surface area contributed by atoms with Crippen LogP contribution in [-0.2, 0) is 0 Å². The standard InChI is InChI=1S/C10H9NO2.ClH/c1-7(6-11)8-2-4-9(5-3-8)10(12)13;/h2-5,7H,1H3,(H,12,13);1H. The zero-order valence-electron chi connectivity index (χ0n) is 7.60. The average molecular weight is 212 g/mol. The molecule has 14 heavy (non-hydrogen) atoms. The number of aromatic carboxylic acids is 1. The van der Waals surface area contributed by atoms with Gasteiger partial charge in [0.05, 0.1) is 17.6 Å². The van der Waals surface area contributed by atoms with E-state index in [0.717, 1.165) is 5.56 Å². The molecule has 0 aliphatic heterocycles. The van der Waals surface area contributed by atoms with Crippen LogP contribution in [-0.4, -0.2) is 11.1 Å². The SMILES string of the molecule is CC(C#N)c1ccc(C(=O)O)cc1.Cl. The van der Waals surface area contributed by atoms with Gasteiger partial charge in [0, 0.05) is 0 Å². The van der Waals surface area contributed by atoms with Crippen LogP contribution >= 0.6 is 12.4 Å². The molecule has 0 aliphatic carbocycles. The molecular weight excluding hydrogens is 202 g/mol. The molecule has 1 N–H and O–H groups in total. The van der Waals surface area contributed by atoms with Crippen LogP contribution in [0.3, 0.4) is 0 Å². The number of carboxylic acid groups (broad SMARTS) is 1. The summed E-state index contributed by atoms with van der Waals surface area (Å²) in [6, 6.07) is 8.42. The number of nitriles is 1. The summed E-state index contributed by atoms with van der Waals surface area (Å²) in [5.41, 5.74) is 1.08. The van der Waals surface area contributed by atoms with Crippen molar-refractivity contribution in [1.29, 1.82) is 5.26 Å². The molecule has 0 saturated heterocycles. The Morgan fingerprint density at radius 2 is 1.93 bits per heavy atom. The number of hydrogen-bond acceptors (Lipinski definition) is 2. The van der Waals surface area contributed by atoms with Gasteiger partial charge in [-0.3, -0.25) is 0 Å². The Morgan fingerprint density at radius 3 is 2.29 bits per heavy atom. The maximum atomic E-state index is 10.5. The maximum Gasteiger partial charge on any atom is 0.335 e. The van der Waals surface area contributed by atoms with Crippen molar-refractivity contribution in [3.05, 3.63) is 35.4 Å². The number of carbonyl (C=O) groups is 1. The summed E-state index contributed by atoms with van der Waals surface area (Å²) in [7, 11) is 0. The molecule has 0 aliphatic rings. The Hall–Kier alpha value is -1.53. The van der Waals surface area contributed by atoms with Crippen molar-refractivity contribution in [1.82, 2.24) is 0 Å². The monoisotopic (exact) mass is 211 g/mol. The van der Waals surface area contributed by atoms with Crippen molar-refractivity contribution in [2.75, 3.05) is 0 Å². The Kier molecular flexibility index (Phi) is 4.68. The third kappa shape index (κ3) is 2.75. The molecule has 0 bridgehead atoms. The summed E-state index contributed by atoms with van der Waals surface area (Å²) in [4.78, 5) is 10.5. The fourth-order valence-electron chi connectivity index (χ4n) is 0.989. The third-order valence-electron chi connectivity index (χ3n) is 1.85. The summed E-state index contributed by atoms with van der Waals surface area (Å²) in [5, 5.41) is 17.2. The van der Waals surface area contributed by atoms with E-state index in [2.05, 4.69) is 6.07 Å². The number of rotatable bonds is 2. The van der Waals surface area contributed by atoms with E-state index >= 15 is 0 Å². The predicted molar refractivity (Wildman–Crippen MR) is 54.7 cm³/mol. The lowest BCUT2D eigenvalue weighted by Gasteiger charge is -2.01. The number of halogens is 1. The molecule has 1 atom stereocenters. The van der Waals surface area contributed by atoms with Crippen molar-refractivity contribution in [2.45, 2.75) is 12.8 Å². The van der Waals surface area contributed by atoms with Crippen molar-refractivity contribution in [3.8, 4) is 6.07 Å². The van der Waals surface area contributed by atoms with Gasteiger partial charge in [-0.25, -0.2) is 4.79 Å². The first kappa shape index (κ1) is 12.5. The molecule has 0 amide bonds. The third-order valence-corrected chi connectivity index (χ3v) is 1.85. The van der Waals surface area contributed by atoms with Crippen LogP contribution in [0.2, 0.25) is 0 Å². The summed E-state index contributed by atoms with van der Waals surface area (Å²) in [6.45, 7) is 1.77.